The number of hydrogen-bond donors (Lipinski definition) is 2. The molecule has 0 fully saturated rings. The van der Waals surface area contributed by atoms with E-state index in [1.165, 1.54) is 30.5 Å². The van der Waals surface area contributed by atoms with E-state index in [4.69, 9.17) is 16.0 Å². The van der Waals surface area contributed by atoms with Gasteiger partial charge in [0, 0.05) is 22.2 Å². The zero-order chi connectivity index (χ0) is 20.3. The minimum atomic E-state index is -0.641. The summed E-state index contributed by atoms with van der Waals surface area (Å²) in [5.74, 6) is -0.103. The number of furan rings is 1. The third-order valence-corrected chi connectivity index (χ3v) is 4.19. The van der Waals surface area contributed by atoms with Gasteiger partial charge in [0.15, 0.2) is 0 Å². The van der Waals surface area contributed by atoms with Crippen molar-refractivity contribution in [3.05, 3.63) is 80.6 Å². The Bertz CT molecular complexity index is 1090. The number of nitro groups is 1. The quantitative estimate of drug-likeness (QED) is 0.377. The second-order valence-electron chi connectivity index (χ2n) is 5.77. The average Bonchev–Trinajstić information content (AvgIpc) is 3.12. The molecule has 1 aromatic heterocycles. The standard InChI is InChI=1S/C19H14ClN3O5/c1-11-14(3-2-4-16(11)23(26)27)18-8-6-13(28-18)10-21-22-19(25)15-9-12(20)5-7-17(15)24/h2-10,24H,1H3,(H,22,25)/b21-10-. The second kappa shape index (κ2) is 7.93. The lowest BCUT2D eigenvalue weighted by molar-refractivity contribution is -0.385. The molecule has 0 bridgehead atoms. The molecule has 8 nitrogen and oxygen atoms in total. The fraction of sp³-hybridized carbons (Fsp3) is 0.0526. The first-order valence-corrected chi connectivity index (χ1v) is 8.40. The molecule has 3 rings (SSSR count). The molecular formula is C19H14ClN3O5. The Balaban J connectivity index is 1.75. The topological polar surface area (TPSA) is 118 Å². The summed E-state index contributed by atoms with van der Waals surface area (Å²) in [5, 5.41) is 24.8. The molecule has 0 aliphatic heterocycles. The predicted octanol–water partition coefficient (Wildman–Crippen LogP) is 4.29. The van der Waals surface area contributed by atoms with Gasteiger partial charge < -0.3 is 9.52 Å². The molecule has 1 heterocycles. The number of hydrogen-bond acceptors (Lipinski definition) is 6. The first-order chi connectivity index (χ1) is 13.4. The third kappa shape index (κ3) is 4.02. The Morgan fingerprint density at radius 3 is 2.82 bits per heavy atom. The van der Waals surface area contributed by atoms with Gasteiger partial charge in [-0.2, -0.15) is 5.10 Å². The molecule has 2 N–H and O–H groups in total. The van der Waals surface area contributed by atoms with Gasteiger partial charge in [0.1, 0.15) is 17.3 Å². The van der Waals surface area contributed by atoms with E-state index in [0.29, 0.717) is 27.7 Å². The highest BCUT2D eigenvalue weighted by Gasteiger charge is 2.16. The van der Waals surface area contributed by atoms with Gasteiger partial charge in [0.2, 0.25) is 0 Å². The average molecular weight is 400 g/mol. The molecule has 0 spiro atoms. The van der Waals surface area contributed by atoms with Crippen molar-refractivity contribution in [1.82, 2.24) is 5.43 Å². The molecule has 1 amide bonds. The van der Waals surface area contributed by atoms with E-state index < -0.39 is 10.8 Å². The number of carbonyl (C=O) groups excluding carboxylic acids is 1. The molecule has 142 valence electrons. The number of carbonyl (C=O) groups is 1. The van der Waals surface area contributed by atoms with E-state index in [0.717, 1.165) is 0 Å². The summed E-state index contributed by atoms with van der Waals surface area (Å²) in [6.45, 7) is 1.64. The van der Waals surface area contributed by atoms with Crippen LogP contribution in [0.2, 0.25) is 5.02 Å². The Morgan fingerprint density at radius 2 is 2.07 bits per heavy atom. The van der Waals surface area contributed by atoms with Gasteiger partial charge in [-0.1, -0.05) is 23.7 Å². The lowest BCUT2D eigenvalue weighted by atomic mass is 10.1. The molecule has 3 aromatic rings. The maximum Gasteiger partial charge on any atom is 0.275 e. The van der Waals surface area contributed by atoms with Crippen LogP contribution in [0, 0.1) is 17.0 Å². The van der Waals surface area contributed by atoms with E-state index in [1.807, 2.05) is 0 Å². The lowest BCUT2D eigenvalue weighted by Gasteiger charge is -2.03. The molecule has 0 unspecified atom stereocenters. The summed E-state index contributed by atoms with van der Waals surface area (Å²) in [6, 6.07) is 12.1. The monoisotopic (exact) mass is 399 g/mol. The highest BCUT2D eigenvalue weighted by molar-refractivity contribution is 6.31. The van der Waals surface area contributed by atoms with Gasteiger partial charge in [-0.3, -0.25) is 14.9 Å². The van der Waals surface area contributed by atoms with Crippen molar-refractivity contribution in [2.45, 2.75) is 6.92 Å². The summed E-state index contributed by atoms with van der Waals surface area (Å²) in [7, 11) is 0. The molecule has 0 atom stereocenters. The van der Waals surface area contributed by atoms with Gasteiger partial charge >= 0.3 is 0 Å². The van der Waals surface area contributed by atoms with Crippen LogP contribution >= 0.6 is 11.6 Å². The van der Waals surface area contributed by atoms with Crippen LogP contribution < -0.4 is 5.43 Å². The van der Waals surface area contributed by atoms with E-state index >= 15 is 0 Å². The summed E-state index contributed by atoms with van der Waals surface area (Å²) in [6.07, 6.45) is 1.27. The maximum absolute atomic E-state index is 12.0. The minimum Gasteiger partial charge on any atom is -0.507 e. The Kier molecular flexibility index (Phi) is 5.42. The smallest absolute Gasteiger partial charge is 0.275 e. The van der Waals surface area contributed by atoms with Gasteiger partial charge in [-0.25, -0.2) is 5.43 Å². The van der Waals surface area contributed by atoms with Crippen LogP contribution in [-0.4, -0.2) is 22.2 Å². The molecule has 28 heavy (non-hydrogen) atoms. The largest absolute Gasteiger partial charge is 0.507 e. The second-order valence-corrected chi connectivity index (χ2v) is 6.21. The first kappa shape index (κ1) is 19.1. The number of hydrazone groups is 1. The van der Waals surface area contributed by atoms with E-state index in [2.05, 4.69) is 10.5 Å². The van der Waals surface area contributed by atoms with Crippen molar-refractivity contribution in [3.63, 3.8) is 0 Å². The highest BCUT2D eigenvalue weighted by Crippen LogP contribution is 2.30. The fourth-order valence-corrected chi connectivity index (χ4v) is 2.73. The minimum absolute atomic E-state index is 0.00212. The van der Waals surface area contributed by atoms with Crippen LogP contribution in [0.3, 0.4) is 0 Å². The van der Waals surface area contributed by atoms with Crippen molar-refractivity contribution >= 4 is 29.4 Å². The lowest BCUT2D eigenvalue weighted by Crippen LogP contribution is -2.17. The number of nitrogens with one attached hydrogen (secondary N) is 1. The van der Waals surface area contributed by atoms with Crippen molar-refractivity contribution < 1.29 is 19.2 Å². The zero-order valence-corrected chi connectivity index (χ0v) is 15.3. The summed E-state index contributed by atoms with van der Waals surface area (Å²) in [5.41, 5.74) is 3.31. The molecule has 0 aliphatic carbocycles. The molecule has 0 radical (unpaired) electrons. The SMILES string of the molecule is Cc1c(-c2ccc(/C=N\NC(=O)c3cc(Cl)ccc3O)o2)cccc1[N+](=O)[O-]. The summed E-state index contributed by atoms with van der Waals surface area (Å²) < 4.78 is 5.62. The van der Waals surface area contributed by atoms with Crippen LogP contribution in [0.15, 0.2) is 58.0 Å². The van der Waals surface area contributed by atoms with Crippen LogP contribution in [0.25, 0.3) is 11.3 Å². The molecule has 0 aliphatic rings. The Morgan fingerprint density at radius 1 is 1.29 bits per heavy atom. The molecule has 0 saturated carbocycles. The fourth-order valence-electron chi connectivity index (χ4n) is 2.56. The molecule has 2 aromatic carbocycles. The van der Waals surface area contributed by atoms with Crippen LogP contribution in [-0.2, 0) is 0 Å². The van der Waals surface area contributed by atoms with Gasteiger partial charge in [-0.05, 0) is 37.3 Å². The number of benzene rings is 2. The van der Waals surface area contributed by atoms with Crippen LogP contribution in [0.5, 0.6) is 5.75 Å². The summed E-state index contributed by atoms with van der Waals surface area (Å²) in [4.78, 5) is 22.7. The van der Waals surface area contributed by atoms with Crippen molar-refractivity contribution in [1.29, 1.82) is 0 Å². The summed E-state index contributed by atoms with van der Waals surface area (Å²) >= 11 is 5.81. The number of nitro benzene ring substituents is 1. The maximum atomic E-state index is 12.0. The molecular weight excluding hydrogens is 386 g/mol. The number of rotatable bonds is 5. The van der Waals surface area contributed by atoms with Crippen molar-refractivity contribution in [3.8, 4) is 17.1 Å². The zero-order valence-electron chi connectivity index (χ0n) is 14.5. The number of amides is 1. The van der Waals surface area contributed by atoms with Gasteiger partial charge in [0.05, 0.1) is 16.7 Å². The van der Waals surface area contributed by atoms with Crippen LogP contribution in [0.4, 0.5) is 5.69 Å². The molecule has 0 saturated heterocycles. The van der Waals surface area contributed by atoms with Gasteiger partial charge in [-0.15, -0.1) is 0 Å². The van der Waals surface area contributed by atoms with Crippen molar-refractivity contribution in [2.24, 2.45) is 5.10 Å². The number of phenols is 1. The first-order valence-electron chi connectivity index (χ1n) is 8.03. The number of nitrogens with zero attached hydrogens (tertiary/aromatic N) is 2. The van der Waals surface area contributed by atoms with E-state index in [-0.39, 0.29) is 17.0 Å². The predicted molar refractivity (Wildman–Crippen MR) is 104 cm³/mol. The van der Waals surface area contributed by atoms with E-state index in [9.17, 15) is 20.0 Å². The van der Waals surface area contributed by atoms with Crippen molar-refractivity contribution in [2.75, 3.05) is 0 Å². The number of phenolic OH excluding ortho intramolecular Hbond substituents is 1. The Hall–Kier alpha value is -3.65. The normalized spacial score (nSPS) is 10.9. The molecule has 9 heteroatoms. The Labute approximate surface area is 164 Å². The highest BCUT2D eigenvalue weighted by atomic mass is 35.5. The van der Waals surface area contributed by atoms with Gasteiger partial charge in [0.25, 0.3) is 11.6 Å². The van der Waals surface area contributed by atoms with Crippen LogP contribution in [0.1, 0.15) is 21.7 Å². The number of aromatic hydroxyl groups is 1. The van der Waals surface area contributed by atoms with E-state index in [1.54, 1.807) is 31.2 Å². The number of halogens is 1. The third-order valence-electron chi connectivity index (χ3n) is 3.96.